The van der Waals surface area contributed by atoms with Crippen molar-refractivity contribution < 1.29 is 32.9 Å². The highest BCUT2D eigenvalue weighted by Gasteiger charge is 2.27. The Bertz CT molecular complexity index is 1100. The number of aliphatic hydroxyl groups excluding tert-OH is 1. The lowest BCUT2D eigenvalue weighted by atomic mass is 10.0. The third-order valence-electron chi connectivity index (χ3n) is 9.74. The number of hydrogen-bond acceptors (Lipinski definition) is 5. The summed E-state index contributed by atoms with van der Waals surface area (Å²) in [4.78, 5) is 23.0. The molecule has 0 aromatic carbocycles. The minimum atomic E-state index is -4.33. The summed E-state index contributed by atoms with van der Waals surface area (Å²) in [6, 6.07) is -0.845. The predicted octanol–water partition coefficient (Wildman–Crippen LogP) is 12.6. The number of nitrogens with zero attached hydrogens (tertiary/aromatic N) is 1. The molecule has 0 saturated heterocycles. The van der Waals surface area contributed by atoms with Gasteiger partial charge >= 0.3 is 7.82 Å². The molecule has 3 unspecified atom stereocenters. The molecular formula is C47H88N2O6P+. The van der Waals surface area contributed by atoms with Crippen LogP contribution in [0, 0.1) is 0 Å². The Kier molecular flexibility index (Phi) is 37.5. The molecule has 0 heterocycles. The maximum Gasteiger partial charge on any atom is 0.472 e. The molecule has 326 valence electrons. The second kappa shape index (κ2) is 38.7. The van der Waals surface area contributed by atoms with Crippen molar-refractivity contribution in [2.75, 3.05) is 40.9 Å². The number of carbonyl (C=O) groups is 1. The number of allylic oxidation sites excluding steroid dienone is 9. The quantitative estimate of drug-likeness (QED) is 0.0246. The van der Waals surface area contributed by atoms with Gasteiger partial charge in [0.1, 0.15) is 13.2 Å². The van der Waals surface area contributed by atoms with E-state index in [-0.39, 0.29) is 19.1 Å². The van der Waals surface area contributed by atoms with Gasteiger partial charge in [0.05, 0.1) is 39.9 Å². The van der Waals surface area contributed by atoms with Crippen molar-refractivity contribution in [2.45, 2.75) is 193 Å². The van der Waals surface area contributed by atoms with Gasteiger partial charge in [0.2, 0.25) is 5.91 Å². The summed E-state index contributed by atoms with van der Waals surface area (Å²) < 4.78 is 23.4. The van der Waals surface area contributed by atoms with Crippen molar-refractivity contribution in [3.05, 3.63) is 60.8 Å². The SMILES string of the molecule is CC/C=C\C/C=C\C/C=C\C/C=C\CCCCCCCCCCCCCCCCC(=O)NC(COP(=O)(O)OCC[N+](C)(C)C)C(O)/C=C/CCCCCCC. The van der Waals surface area contributed by atoms with Crippen LogP contribution in [0.1, 0.15) is 181 Å². The van der Waals surface area contributed by atoms with Gasteiger partial charge in [-0.1, -0.05) is 177 Å². The van der Waals surface area contributed by atoms with Crippen LogP contribution in [0.3, 0.4) is 0 Å². The Morgan fingerprint density at radius 2 is 1.07 bits per heavy atom. The van der Waals surface area contributed by atoms with Crippen molar-refractivity contribution in [3.8, 4) is 0 Å². The molecule has 0 aromatic heterocycles. The van der Waals surface area contributed by atoms with Gasteiger partial charge < -0.3 is 19.8 Å². The molecule has 0 aromatic rings. The van der Waals surface area contributed by atoms with E-state index in [1.165, 1.54) is 96.3 Å². The lowest BCUT2D eigenvalue weighted by Gasteiger charge is -2.25. The van der Waals surface area contributed by atoms with E-state index in [1.54, 1.807) is 6.08 Å². The summed E-state index contributed by atoms with van der Waals surface area (Å²) in [6.07, 6.45) is 50.4. The normalized spacial score (nSPS) is 14.9. The molecule has 3 N–H and O–H groups in total. The Balaban J connectivity index is 4.06. The number of aliphatic hydroxyl groups is 1. The first-order valence-electron chi connectivity index (χ1n) is 22.7. The lowest BCUT2D eigenvalue weighted by Crippen LogP contribution is -2.45. The van der Waals surface area contributed by atoms with Crippen LogP contribution in [0.5, 0.6) is 0 Å². The maximum atomic E-state index is 12.8. The van der Waals surface area contributed by atoms with Crippen LogP contribution in [-0.4, -0.2) is 73.4 Å². The molecule has 0 radical (unpaired) electrons. The fourth-order valence-corrected chi connectivity index (χ4v) is 6.88. The van der Waals surface area contributed by atoms with E-state index in [1.807, 2.05) is 27.2 Å². The monoisotopic (exact) mass is 808 g/mol. The lowest BCUT2D eigenvalue weighted by molar-refractivity contribution is -0.870. The van der Waals surface area contributed by atoms with E-state index in [9.17, 15) is 19.4 Å². The zero-order valence-electron chi connectivity index (χ0n) is 36.9. The van der Waals surface area contributed by atoms with Gasteiger partial charge in [0, 0.05) is 6.42 Å². The Labute approximate surface area is 345 Å². The van der Waals surface area contributed by atoms with E-state index in [2.05, 4.69) is 67.8 Å². The van der Waals surface area contributed by atoms with Crippen LogP contribution in [0.25, 0.3) is 0 Å². The number of carbonyl (C=O) groups excluding carboxylic acids is 1. The molecule has 9 heteroatoms. The van der Waals surface area contributed by atoms with Crippen LogP contribution in [0.4, 0.5) is 0 Å². The largest absolute Gasteiger partial charge is 0.472 e. The molecule has 3 atom stereocenters. The van der Waals surface area contributed by atoms with Crippen molar-refractivity contribution in [3.63, 3.8) is 0 Å². The Hall–Kier alpha value is -1.80. The summed E-state index contributed by atoms with van der Waals surface area (Å²) >= 11 is 0. The van der Waals surface area contributed by atoms with Gasteiger partial charge in [-0.25, -0.2) is 4.57 Å². The highest BCUT2D eigenvalue weighted by atomic mass is 31.2. The molecule has 0 aliphatic carbocycles. The summed E-state index contributed by atoms with van der Waals surface area (Å²) in [5.41, 5.74) is 0. The predicted molar refractivity (Wildman–Crippen MR) is 240 cm³/mol. The van der Waals surface area contributed by atoms with Crippen molar-refractivity contribution in [1.82, 2.24) is 5.32 Å². The van der Waals surface area contributed by atoms with Crippen molar-refractivity contribution in [2.24, 2.45) is 0 Å². The van der Waals surface area contributed by atoms with Gasteiger partial charge in [0.15, 0.2) is 0 Å². The fraction of sp³-hybridized carbons (Fsp3) is 0.766. The highest BCUT2D eigenvalue weighted by molar-refractivity contribution is 7.47. The number of amides is 1. The number of likely N-dealkylation sites (N-methyl/N-ethyl adjacent to an activating group) is 1. The molecule has 0 aliphatic rings. The molecule has 0 bridgehead atoms. The molecule has 56 heavy (non-hydrogen) atoms. The summed E-state index contributed by atoms with van der Waals surface area (Å²) in [5, 5.41) is 13.7. The summed E-state index contributed by atoms with van der Waals surface area (Å²) in [7, 11) is 1.56. The van der Waals surface area contributed by atoms with E-state index in [4.69, 9.17) is 9.05 Å². The van der Waals surface area contributed by atoms with Crippen molar-refractivity contribution >= 4 is 13.7 Å². The fourth-order valence-electron chi connectivity index (χ4n) is 6.15. The van der Waals surface area contributed by atoms with E-state index in [0.717, 1.165) is 64.2 Å². The zero-order valence-corrected chi connectivity index (χ0v) is 37.8. The topological polar surface area (TPSA) is 105 Å². The van der Waals surface area contributed by atoms with Crippen LogP contribution >= 0.6 is 7.82 Å². The van der Waals surface area contributed by atoms with Crippen molar-refractivity contribution in [1.29, 1.82) is 0 Å². The molecule has 0 spiro atoms. The highest BCUT2D eigenvalue weighted by Crippen LogP contribution is 2.43. The number of unbranched alkanes of at least 4 members (excludes halogenated alkanes) is 19. The standard InChI is InChI=1S/C47H87N2O6P/c1-6-8-10-12-14-15-16-17-18-19-20-21-22-23-24-25-26-27-28-29-30-31-32-33-35-37-39-41-47(51)48-45(46(50)40-38-36-34-13-11-9-7-2)44-55-56(52,53)54-43-42-49(3,4)5/h8,10,14-15,17-18,20-21,38,40,45-46,50H,6-7,9,11-13,16,19,22-37,39,41-44H2,1-5H3,(H-,48,51,52,53)/p+1/b10-8-,15-14-,18-17-,21-20-,40-38+. The van der Waals surface area contributed by atoms with Gasteiger partial charge in [-0.05, 0) is 57.8 Å². The third kappa shape index (κ3) is 40.4. The molecule has 0 rings (SSSR count). The average Bonchev–Trinajstić information content (AvgIpc) is 3.15. The van der Waals surface area contributed by atoms with E-state index in [0.29, 0.717) is 17.4 Å². The second-order valence-corrected chi connectivity index (χ2v) is 17.9. The van der Waals surface area contributed by atoms with Crippen LogP contribution in [0.2, 0.25) is 0 Å². The number of nitrogens with one attached hydrogen (secondary N) is 1. The van der Waals surface area contributed by atoms with E-state index >= 15 is 0 Å². The number of phosphoric ester groups is 1. The molecular weight excluding hydrogens is 719 g/mol. The number of phosphoric acid groups is 1. The molecule has 8 nitrogen and oxygen atoms in total. The smallest absolute Gasteiger partial charge is 0.387 e. The third-order valence-corrected chi connectivity index (χ3v) is 10.7. The Morgan fingerprint density at radius 3 is 1.57 bits per heavy atom. The first-order valence-corrected chi connectivity index (χ1v) is 24.2. The summed E-state index contributed by atoms with van der Waals surface area (Å²) in [5.74, 6) is -0.185. The van der Waals surface area contributed by atoms with E-state index < -0.39 is 20.0 Å². The first-order chi connectivity index (χ1) is 27.0. The molecule has 0 fully saturated rings. The van der Waals surface area contributed by atoms with Crippen LogP contribution < -0.4 is 5.32 Å². The minimum absolute atomic E-state index is 0.0593. The molecule has 1 amide bonds. The minimum Gasteiger partial charge on any atom is -0.387 e. The second-order valence-electron chi connectivity index (χ2n) is 16.4. The Morgan fingerprint density at radius 1 is 0.625 bits per heavy atom. The van der Waals surface area contributed by atoms with Gasteiger partial charge in [0.25, 0.3) is 0 Å². The number of hydrogen-bond donors (Lipinski definition) is 3. The average molecular weight is 808 g/mol. The zero-order chi connectivity index (χ0) is 41.4. The molecule has 0 saturated carbocycles. The summed E-state index contributed by atoms with van der Waals surface area (Å²) in [6.45, 7) is 4.63. The van der Waals surface area contributed by atoms with Gasteiger partial charge in [-0.3, -0.25) is 13.8 Å². The van der Waals surface area contributed by atoms with Crippen LogP contribution in [-0.2, 0) is 18.4 Å². The first kappa shape index (κ1) is 54.2. The van der Waals surface area contributed by atoms with Gasteiger partial charge in [-0.2, -0.15) is 0 Å². The number of rotatable bonds is 40. The number of quaternary nitrogens is 1. The molecule has 0 aliphatic heterocycles. The maximum absolute atomic E-state index is 12.8. The van der Waals surface area contributed by atoms with Gasteiger partial charge in [-0.15, -0.1) is 0 Å². The van der Waals surface area contributed by atoms with Crippen LogP contribution in [0.15, 0.2) is 60.8 Å².